The molecular weight excluding hydrogens is 188 g/mol. The van der Waals surface area contributed by atoms with Crippen molar-refractivity contribution in [2.45, 2.75) is 66.0 Å². The molecular formula is C12H28OSi. The molecule has 0 saturated heterocycles. The first-order valence-corrected chi connectivity index (χ1v) is 8.81. The topological polar surface area (TPSA) is 9.23 Å². The Morgan fingerprint density at radius 1 is 0.929 bits per heavy atom. The highest BCUT2D eigenvalue weighted by Gasteiger charge is 2.08. The lowest BCUT2D eigenvalue weighted by atomic mass is 9.89. The van der Waals surface area contributed by atoms with Crippen LogP contribution in [-0.2, 0) is 4.43 Å². The van der Waals surface area contributed by atoms with Crippen LogP contribution in [0.4, 0.5) is 0 Å². The molecule has 0 aromatic heterocycles. The van der Waals surface area contributed by atoms with Gasteiger partial charge in [-0.3, -0.25) is 0 Å². The summed E-state index contributed by atoms with van der Waals surface area (Å²) in [6, 6.07) is 0. The van der Waals surface area contributed by atoms with Crippen molar-refractivity contribution in [2.24, 2.45) is 5.41 Å². The van der Waals surface area contributed by atoms with Gasteiger partial charge in [-0.2, -0.15) is 0 Å². The molecule has 0 bridgehead atoms. The van der Waals surface area contributed by atoms with Crippen molar-refractivity contribution in [2.75, 3.05) is 6.61 Å². The number of hydrogen-bond acceptors (Lipinski definition) is 1. The van der Waals surface area contributed by atoms with E-state index in [0.29, 0.717) is 5.41 Å². The third-order valence-corrected chi connectivity index (χ3v) is 3.17. The molecule has 2 heteroatoms. The van der Waals surface area contributed by atoms with E-state index in [2.05, 4.69) is 33.9 Å². The van der Waals surface area contributed by atoms with E-state index in [0.717, 1.165) is 6.61 Å². The molecule has 0 aliphatic rings. The molecule has 86 valence electrons. The van der Waals surface area contributed by atoms with Crippen LogP contribution in [0.25, 0.3) is 0 Å². The van der Waals surface area contributed by atoms with E-state index in [9.17, 15) is 0 Å². The van der Waals surface area contributed by atoms with Crippen molar-refractivity contribution < 1.29 is 4.43 Å². The zero-order valence-corrected chi connectivity index (χ0v) is 11.9. The maximum absolute atomic E-state index is 5.63. The second-order valence-electron chi connectivity index (χ2n) is 5.64. The molecule has 14 heavy (non-hydrogen) atoms. The second-order valence-corrected chi connectivity index (χ2v) is 8.08. The summed E-state index contributed by atoms with van der Waals surface area (Å²) in [6.45, 7) is 12.4. The predicted molar refractivity (Wildman–Crippen MR) is 67.4 cm³/mol. The van der Waals surface area contributed by atoms with E-state index in [1.54, 1.807) is 0 Å². The SMILES string of the molecule is C[SiH](C)OCCCCCCC(C)(C)C. The molecule has 0 radical (unpaired) electrons. The average molecular weight is 216 g/mol. The highest BCUT2D eigenvalue weighted by atomic mass is 28.3. The van der Waals surface area contributed by atoms with Crippen molar-refractivity contribution in [3.8, 4) is 0 Å². The van der Waals surface area contributed by atoms with Crippen LogP contribution in [0.5, 0.6) is 0 Å². The molecule has 0 amide bonds. The lowest BCUT2D eigenvalue weighted by Gasteiger charge is -2.17. The fraction of sp³-hybridized carbons (Fsp3) is 1.00. The Labute approximate surface area is 92.0 Å². The van der Waals surface area contributed by atoms with Crippen LogP contribution in [-0.4, -0.2) is 15.6 Å². The van der Waals surface area contributed by atoms with Gasteiger partial charge in [0.2, 0.25) is 0 Å². The van der Waals surface area contributed by atoms with Gasteiger partial charge in [-0.1, -0.05) is 40.0 Å². The van der Waals surface area contributed by atoms with Gasteiger partial charge in [0.05, 0.1) is 0 Å². The Kier molecular flexibility index (Phi) is 7.56. The molecule has 0 rings (SSSR count). The molecule has 0 heterocycles. The highest BCUT2D eigenvalue weighted by molar-refractivity contribution is 6.48. The molecule has 1 nitrogen and oxygen atoms in total. The van der Waals surface area contributed by atoms with Gasteiger partial charge in [-0.15, -0.1) is 0 Å². The van der Waals surface area contributed by atoms with Crippen molar-refractivity contribution in [3.63, 3.8) is 0 Å². The van der Waals surface area contributed by atoms with Gasteiger partial charge in [0, 0.05) is 6.61 Å². The van der Waals surface area contributed by atoms with Gasteiger partial charge >= 0.3 is 0 Å². The Morgan fingerprint density at radius 2 is 1.50 bits per heavy atom. The summed E-state index contributed by atoms with van der Waals surface area (Å²) in [7, 11) is -0.757. The molecule has 0 unspecified atom stereocenters. The minimum Gasteiger partial charge on any atom is -0.421 e. The van der Waals surface area contributed by atoms with Gasteiger partial charge < -0.3 is 4.43 Å². The number of rotatable bonds is 7. The highest BCUT2D eigenvalue weighted by Crippen LogP contribution is 2.22. The Morgan fingerprint density at radius 3 is 2.00 bits per heavy atom. The molecule has 0 spiro atoms. The van der Waals surface area contributed by atoms with E-state index >= 15 is 0 Å². The van der Waals surface area contributed by atoms with Crippen LogP contribution in [0.1, 0.15) is 52.9 Å². The monoisotopic (exact) mass is 216 g/mol. The van der Waals surface area contributed by atoms with Crippen LogP contribution in [0.3, 0.4) is 0 Å². The quantitative estimate of drug-likeness (QED) is 0.462. The van der Waals surface area contributed by atoms with Crippen LogP contribution >= 0.6 is 0 Å². The van der Waals surface area contributed by atoms with Crippen LogP contribution in [0.15, 0.2) is 0 Å². The standard InChI is InChI=1S/C12H28OSi/c1-12(2,3)10-8-6-7-9-11-13-14(4)5/h14H,6-11H2,1-5H3. The third-order valence-electron chi connectivity index (χ3n) is 2.27. The lowest BCUT2D eigenvalue weighted by molar-refractivity contribution is 0.306. The normalized spacial score (nSPS) is 12.4. The summed E-state index contributed by atoms with van der Waals surface area (Å²) < 4.78 is 5.63. The molecule has 0 N–H and O–H groups in total. The molecule has 0 aliphatic carbocycles. The van der Waals surface area contributed by atoms with Crippen molar-refractivity contribution in [1.29, 1.82) is 0 Å². The van der Waals surface area contributed by atoms with Crippen LogP contribution in [0.2, 0.25) is 13.1 Å². The minimum atomic E-state index is -0.757. The van der Waals surface area contributed by atoms with Gasteiger partial charge in [0.15, 0.2) is 9.04 Å². The summed E-state index contributed by atoms with van der Waals surface area (Å²) in [6.07, 6.45) is 6.71. The van der Waals surface area contributed by atoms with Crippen molar-refractivity contribution >= 4 is 9.04 Å². The van der Waals surface area contributed by atoms with Crippen LogP contribution in [0, 0.1) is 5.41 Å². The smallest absolute Gasteiger partial charge is 0.170 e. The first kappa shape index (κ1) is 14.2. The Balaban J connectivity index is 3.07. The van der Waals surface area contributed by atoms with Crippen molar-refractivity contribution in [3.05, 3.63) is 0 Å². The van der Waals surface area contributed by atoms with Gasteiger partial charge in [-0.05, 0) is 31.4 Å². The average Bonchev–Trinajstić information content (AvgIpc) is 2.00. The van der Waals surface area contributed by atoms with Crippen LogP contribution < -0.4 is 0 Å². The largest absolute Gasteiger partial charge is 0.421 e. The first-order valence-electron chi connectivity index (χ1n) is 6.03. The summed E-state index contributed by atoms with van der Waals surface area (Å²) >= 11 is 0. The maximum Gasteiger partial charge on any atom is 0.170 e. The van der Waals surface area contributed by atoms with E-state index in [1.165, 1.54) is 32.1 Å². The van der Waals surface area contributed by atoms with Gasteiger partial charge in [0.25, 0.3) is 0 Å². The van der Waals surface area contributed by atoms with E-state index < -0.39 is 9.04 Å². The molecule has 0 aliphatic heterocycles. The molecule has 0 fully saturated rings. The maximum atomic E-state index is 5.63. The summed E-state index contributed by atoms with van der Waals surface area (Å²) in [5.41, 5.74) is 0.515. The Hall–Kier alpha value is 0.177. The van der Waals surface area contributed by atoms with E-state index in [4.69, 9.17) is 4.43 Å². The molecule has 0 atom stereocenters. The lowest BCUT2D eigenvalue weighted by Crippen LogP contribution is -2.08. The predicted octanol–water partition coefficient (Wildman–Crippen LogP) is 3.98. The van der Waals surface area contributed by atoms with E-state index in [-0.39, 0.29) is 0 Å². The number of unbranched alkanes of at least 4 members (excludes halogenated alkanes) is 3. The minimum absolute atomic E-state index is 0.515. The molecule has 0 aromatic rings. The summed E-state index contributed by atoms with van der Waals surface area (Å²) in [4.78, 5) is 0. The van der Waals surface area contributed by atoms with E-state index in [1.807, 2.05) is 0 Å². The first-order chi connectivity index (χ1) is 6.42. The third kappa shape index (κ3) is 12.2. The summed E-state index contributed by atoms with van der Waals surface area (Å²) in [5, 5.41) is 0. The van der Waals surface area contributed by atoms with Gasteiger partial charge in [0.1, 0.15) is 0 Å². The fourth-order valence-corrected chi connectivity index (χ4v) is 2.07. The number of hydrogen-bond donors (Lipinski definition) is 0. The van der Waals surface area contributed by atoms with Gasteiger partial charge in [-0.25, -0.2) is 0 Å². The molecule has 0 aromatic carbocycles. The second kappa shape index (κ2) is 7.47. The zero-order valence-electron chi connectivity index (χ0n) is 10.7. The summed E-state index contributed by atoms with van der Waals surface area (Å²) in [5.74, 6) is 0. The fourth-order valence-electron chi connectivity index (χ4n) is 1.43. The zero-order chi connectivity index (χ0) is 11.0. The Bertz CT molecular complexity index is 127. The molecule has 0 saturated carbocycles. The van der Waals surface area contributed by atoms with Crippen molar-refractivity contribution in [1.82, 2.24) is 0 Å².